The number of halogens is 1. The van der Waals surface area contributed by atoms with Crippen molar-refractivity contribution >= 4 is 17.6 Å². The fourth-order valence-corrected chi connectivity index (χ4v) is 1.63. The van der Waals surface area contributed by atoms with Crippen LogP contribution in [0, 0.1) is 5.82 Å². The molecular formula is C14H13FN2O3. The van der Waals surface area contributed by atoms with E-state index in [4.69, 9.17) is 4.74 Å². The average molecular weight is 276 g/mol. The first-order chi connectivity index (χ1) is 9.58. The van der Waals surface area contributed by atoms with Crippen LogP contribution in [0.5, 0.6) is 0 Å². The van der Waals surface area contributed by atoms with Crippen molar-refractivity contribution in [1.82, 2.24) is 4.57 Å². The van der Waals surface area contributed by atoms with Crippen molar-refractivity contribution in [3.63, 3.8) is 0 Å². The summed E-state index contributed by atoms with van der Waals surface area (Å²) in [4.78, 5) is 23.2. The lowest BCUT2D eigenvalue weighted by Gasteiger charge is -2.07. The summed E-state index contributed by atoms with van der Waals surface area (Å²) < 4.78 is 19.7. The molecule has 1 amide bonds. The Labute approximate surface area is 115 Å². The molecule has 5 nitrogen and oxygen atoms in total. The van der Waals surface area contributed by atoms with Crippen molar-refractivity contribution in [1.29, 1.82) is 0 Å². The van der Waals surface area contributed by atoms with Crippen LogP contribution in [0.1, 0.15) is 10.5 Å². The summed E-state index contributed by atoms with van der Waals surface area (Å²) in [6, 6.07) is 9.03. The zero-order valence-corrected chi connectivity index (χ0v) is 10.8. The number of aryl methyl sites for hydroxylation is 1. The standard InChI is InChI=1S/C14H13FN2O3/c1-17-8-4-7-12(17)14(19)20-9-13(18)16-11-6-3-2-5-10(11)15/h2-8H,9H2,1H3,(H,16,18). The lowest BCUT2D eigenvalue weighted by Crippen LogP contribution is -2.22. The van der Waals surface area contributed by atoms with Gasteiger partial charge in [-0.15, -0.1) is 0 Å². The maximum absolute atomic E-state index is 13.3. The first-order valence-electron chi connectivity index (χ1n) is 5.91. The number of benzene rings is 1. The largest absolute Gasteiger partial charge is 0.451 e. The second-order valence-corrected chi connectivity index (χ2v) is 4.11. The van der Waals surface area contributed by atoms with E-state index < -0.39 is 24.3 Å². The molecule has 1 heterocycles. The highest BCUT2D eigenvalue weighted by Crippen LogP contribution is 2.12. The topological polar surface area (TPSA) is 60.3 Å². The van der Waals surface area contributed by atoms with Crippen molar-refractivity contribution in [2.45, 2.75) is 0 Å². The van der Waals surface area contributed by atoms with E-state index in [1.54, 1.807) is 36.0 Å². The quantitative estimate of drug-likeness (QED) is 0.868. The van der Waals surface area contributed by atoms with Gasteiger partial charge in [0.25, 0.3) is 5.91 Å². The van der Waals surface area contributed by atoms with E-state index >= 15 is 0 Å². The summed E-state index contributed by atoms with van der Waals surface area (Å²) in [5.74, 6) is -1.76. The van der Waals surface area contributed by atoms with E-state index in [1.165, 1.54) is 18.2 Å². The molecule has 20 heavy (non-hydrogen) atoms. The Kier molecular flexibility index (Phi) is 4.14. The van der Waals surface area contributed by atoms with Crippen LogP contribution in [0.15, 0.2) is 42.6 Å². The molecule has 0 unspecified atom stereocenters. The number of hydrogen-bond acceptors (Lipinski definition) is 3. The van der Waals surface area contributed by atoms with Crippen molar-refractivity contribution in [3.8, 4) is 0 Å². The lowest BCUT2D eigenvalue weighted by atomic mass is 10.3. The maximum atomic E-state index is 13.3. The number of aromatic nitrogens is 1. The van der Waals surface area contributed by atoms with Gasteiger partial charge in [0.05, 0.1) is 5.69 Å². The Bertz CT molecular complexity index is 637. The van der Waals surface area contributed by atoms with E-state index in [2.05, 4.69) is 5.32 Å². The van der Waals surface area contributed by atoms with Gasteiger partial charge in [-0.2, -0.15) is 0 Å². The number of esters is 1. The first-order valence-corrected chi connectivity index (χ1v) is 5.91. The molecule has 2 aromatic rings. The van der Waals surface area contributed by atoms with Crippen molar-refractivity contribution in [2.75, 3.05) is 11.9 Å². The van der Waals surface area contributed by atoms with E-state index in [0.717, 1.165) is 0 Å². The molecule has 1 N–H and O–H groups in total. The summed E-state index contributed by atoms with van der Waals surface area (Å²) in [6.45, 7) is -0.474. The number of nitrogens with zero attached hydrogens (tertiary/aromatic N) is 1. The second kappa shape index (κ2) is 6.01. The number of amides is 1. The number of carbonyl (C=O) groups excluding carboxylic acids is 2. The van der Waals surface area contributed by atoms with Gasteiger partial charge < -0.3 is 14.6 Å². The third-order valence-electron chi connectivity index (χ3n) is 2.64. The number of nitrogens with one attached hydrogen (secondary N) is 1. The van der Waals surface area contributed by atoms with Gasteiger partial charge in [-0.1, -0.05) is 12.1 Å². The minimum atomic E-state index is -0.610. The smallest absolute Gasteiger partial charge is 0.355 e. The summed E-state index contributed by atoms with van der Waals surface area (Å²) in [5.41, 5.74) is 0.385. The van der Waals surface area contributed by atoms with Gasteiger partial charge in [0.2, 0.25) is 0 Å². The van der Waals surface area contributed by atoms with Crippen molar-refractivity contribution < 1.29 is 18.7 Å². The predicted octanol–water partition coefficient (Wildman–Crippen LogP) is 1.96. The van der Waals surface area contributed by atoms with Gasteiger partial charge in [0.1, 0.15) is 11.5 Å². The summed E-state index contributed by atoms with van der Waals surface area (Å²) in [7, 11) is 1.69. The molecule has 0 aliphatic rings. The minimum Gasteiger partial charge on any atom is -0.451 e. The number of rotatable bonds is 4. The number of carbonyl (C=O) groups is 2. The van der Waals surface area contributed by atoms with Gasteiger partial charge in [-0.05, 0) is 24.3 Å². The van der Waals surface area contributed by atoms with E-state index in [0.29, 0.717) is 5.69 Å². The number of hydrogen-bond donors (Lipinski definition) is 1. The molecule has 0 saturated heterocycles. The van der Waals surface area contributed by atoms with Crippen molar-refractivity contribution in [2.24, 2.45) is 7.05 Å². The third kappa shape index (κ3) is 3.23. The average Bonchev–Trinajstić information content (AvgIpc) is 2.85. The van der Waals surface area contributed by atoms with Crippen LogP contribution in [0.25, 0.3) is 0 Å². The number of ether oxygens (including phenoxy) is 1. The highest BCUT2D eigenvalue weighted by atomic mass is 19.1. The Morgan fingerprint density at radius 2 is 2.00 bits per heavy atom. The molecule has 0 aliphatic carbocycles. The van der Waals surface area contributed by atoms with Gasteiger partial charge in [0, 0.05) is 13.2 Å². The van der Waals surface area contributed by atoms with Gasteiger partial charge in [0.15, 0.2) is 6.61 Å². The number of para-hydroxylation sites is 1. The van der Waals surface area contributed by atoms with Crippen LogP contribution in [-0.4, -0.2) is 23.1 Å². The molecule has 0 saturated carbocycles. The SMILES string of the molecule is Cn1cccc1C(=O)OCC(=O)Nc1ccccc1F. The highest BCUT2D eigenvalue weighted by molar-refractivity contribution is 5.95. The van der Waals surface area contributed by atoms with Gasteiger partial charge in [-0.3, -0.25) is 4.79 Å². The summed E-state index contributed by atoms with van der Waals surface area (Å²) in [6.07, 6.45) is 1.69. The Morgan fingerprint density at radius 3 is 2.65 bits per heavy atom. The molecule has 0 atom stereocenters. The van der Waals surface area contributed by atoms with Crippen LogP contribution in [0.3, 0.4) is 0 Å². The number of anilines is 1. The minimum absolute atomic E-state index is 0.0485. The molecule has 0 radical (unpaired) electrons. The van der Waals surface area contributed by atoms with Crippen LogP contribution < -0.4 is 5.32 Å². The van der Waals surface area contributed by atoms with Crippen LogP contribution in [0.2, 0.25) is 0 Å². The molecule has 0 fully saturated rings. The molecule has 104 valence electrons. The van der Waals surface area contributed by atoms with E-state index in [-0.39, 0.29) is 5.69 Å². The van der Waals surface area contributed by atoms with Crippen LogP contribution in [-0.2, 0) is 16.6 Å². The zero-order chi connectivity index (χ0) is 14.5. The second-order valence-electron chi connectivity index (χ2n) is 4.11. The lowest BCUT2D eigenvalue weighted by molar-refractivity contribution is -0.119. The third-order valence-corrected chi connectivity index (χ3v) is 2.64. The Hall–Kier alpha value is -2.63. The fraction of sp³-hybridized carbons (Fsp3) is 0.143. The summed E-state index contributed by atoms with van der Waals surface area (Å²) in [5, 5.41) is 2.33. The molecule has 1 aromatic heterocycles. The van der Waals surface area contributed by atoms with Crippen LogP contribution >= 0.6 is 0 Å². The Balaban J connectivity index is 1.89. The molecule has 0 aliphatic heterocycles. The predicted molar refractivity (Wildman–Crippen MR) is 70.7 cm³/mol. The molecule has 2 rings (SSSR count). The fourth-order valence-electron chi connectivity index (χ4n) is 1.63. The van der Waals surface area contributed by atoms with Gasteiger partial charge >= 0.3 is 5.97 Å². The summed E-state index contributed by atoms with van der Waals surface area (Å²) >= 11 is 0. The normalized spacial score (nSPS) is 10.1. The van der Waals surface area contributed by atoms with E-state index in [1.807, 2.05) is 0 Å². The molecule has 6 heteroatoms. The van der Waals surface area contributed by atoms with Crippen LogP contribution in [0.4, 0.5) is 10.1 Å². The van der Waals surface area contributed by atoms with Gasteiger partial charge in [-0.25, -0.2) is 9.18 Å². The molecule has 0 spiro atoms. The zero-order valence-electron chi connectivity index (χ0n) is 10.8. The Morgan fingerprint density at radius 1 is 1.25 bits per heavy atom. The monoisotopic (exact) mass is 276 g/mol. The maximum Gasteiger partial charge on any atom is 0.355 e. The first kappa shape index (κ1) is 13.8. The molecule has 0 bridgehead atoms. The molecule has 1 aromatic carbocycles. The highest BCUT2D eigenvalue weighted by Gasteiger charge is 2.13. The van der Waals surface area contributed by atoms with Crippen molar-refractivity contribution in [3.05, 3.63) is 54.1 Å². The molecular weight excluding hydrogens is 263 g/mol. The van der Waals surface area contributed by atoms with E-state index in [9.17, 15) is 14.0 Å².